The Labute approximate surface area is 179 Å². The predicted octanol–water partition coefficient (Wildman–Crippen LogP) is 1.18. The lowest BCUT2D eigenvalue weighted by Crippen LogP contribution is -3.16. The standard InChI is InChI=1S/C20H24ClN3O4S/c1-13-10-23(11-14(2)28-13)12-18(25)22-7-8-24-19(26)17(29-20(24)27)9-15-5-3-4-6-16(15)21/h3-6,9,13-14H,7-8,10-12H2,1-2H3,(H,22,25)/p+1/b17-9-/t13-,14-/m1/s1. The van der Waals surface area contributed by atoms with Gasteiger partial charge in [0.25, 0.3) is 17.1 Å². The van der Waals surface area contributed by atoms with Crippen LogP contribution in [0.3, 0.4) is 0 Å². The lowest BCUT2D eigenvalue weighted by Gasteiger charge is -2.31. The number of hydrogen-bond acceptors (Lipinski definition) is 5. The lowest BCUT2D eigenvalue weighted by molar-refractivity contribution is -0.907. The highest BCUT2D eigenvalue weighted by Crippen LogP contribution is 2.33. The van der Waals surface area contributed by atoms with Crippen LogP contribution in [0.25, 0.3) is 6.08 Å². The van der Waals surface area contributed by atoms with Gasteiger partial charge in [0.05, 0.1) is 4.91 Å². The van der Waals surface area contributed by atoms with E-state index >= 15 is 0 Å². The number of benzene rings is 1. The molecule has 2 atom stereocenters. The van der Waals surface area contributed by atoms with Gasteiger partial charge in [-0.3, -0.25) is 19.3 Å². The van der Waals surface area contributed by atoms with E-state index in [1.165, 1.54) is 4.90 Å². The maximum atomic E-state index is 12.5. The maximum Gasteiger partial charge on any atom is 0.293 e. The van der Waals surface area contributed by atoms with Crippen molar-refractivity contribution in [1.82, 2.24) is 10.2 Å². The quantitative estimate of drug-likeness (QED) is 0.652. The van der Waals surface area contributed by atoms with Gasteiger partial charge in [0.2, 0.25) is 0 Å². The van der Waals surface area contributed by atoms with Gasteiger partial charge in [0.15, 0.2) is 6.54 Å². The molecule has 0 spiro atoms. The van der Waals surface area contributed by atoms with Crippen LogP contribution in [0.15, 0.2) is 29.2 Å². The van der Waals surface area contributed by atoms with Crippen molar-refractivity contribution in [2.45, 2.75) is 26.1 Å². The molecule has 0 saturated carbocycles. The second-order valence-electron chi connectivity index (χ2n) is 7.30. The van der Waals surface area contributed by atoms with Crippen LogP contribution in [0, 0.1) is 0 Å². The number of nitrogens with zero attached hydrogens (tertiary/aromatic N) is 1. The Balaban J connectivity index is 1.49. The highest BCUT2D eigenvalue weighted by atomic mass is 35.5. The van der Waals surface area contributed by atoms with E-state index in [0.717, 1.165) is 29.8 Å². The molecule has 7 nitrogen and oxygen atoms in total. The Morgan fingerprint density at radius 3 is 2.69 bits per heavy atom. The monoisotopic (exact) mass is 438 g/mol. The lowest BCUT2D eigenvalue weighted by atomic mass is 10.2. The third-order valence-electron chi connectivity index (χ3n) is 4.75. The summed E-state index contributed by atoms with van der Waals surface area (Å²) in [5.41, 5.74) is 0.685. The van der Waals surface area contributed by atoms with E-state index in [0.29, 0.717) is 22.0 Å². The molecule has 0 unspecified atom stereocenters. The Bertz CT molecular complexity index is 822. The van der Waals surface area contributed by atoms with E-state index < -0.39 is 0 Å². The van der Waals surface area contributed by atoms with Crippen molar-refractivity contribution < 1.29 is 24.0 Å². The van der Waals surface area contributed by atoms with E-state index in [4.69, 9.17) is 16.3 Å². The fourth-order valence-electron chi connectivity index (χ4n) is 3.56. The minimum absolute atomic E-state index is 0.0973. The van der Waals surface area contributed by atoms with E-state index in [-0.39, 0.29) is 42.4 Å². The van der Waals surface area contributed by atoms with Crippen molar-refractivity contribution in [3.63, 3.8) is 0 Å². The summed E-state index contributed by atoms with van der Waals surface area (Å²) in [6.45, 7) is 6.30. The zero-order chi connectivity index (χ0) is 21.0. The van der Waals surface area contributed by atoms with Crippen molar-refractivity contribution >= 4 is 46.5 Å². The summed E-state index contributed by atoms with van der Waals surface area (Å²) in [7, 11) is 0. The van der Waals surface area contributed by atoms with Gasteiger partial charge in [0.1, 0.15) is 25.3 Å². The summed E-state index contributed by atoms with van der Waals surface area (Å²) in [6.07, 6.45) is 1.87. The molecule has 2 aliphatic heterocycles. The van der Waals surface area contributed by atoms with Crippen molar-refractivity contribution in [2.24, 2.45) is 0 Å². The second-order valence-corrected chi connectivity index (χ2v) is 8.70. The number of rotatable bonds is 6. The van der Waals surface area contributed by atoms with Gasteiger partial charge < -0.3 is 15.0 Å². The average Bonchev–Trinajstić information content (AvgIpc) is 2.90. The largest absolute Gasteiger partial charge is 0.364 e. The Morgan fingerprint density at radius 2 is 2.00 bits per heavy atom. The first-order valence-electron chi connectivity index (χ1n) is 9.59. The van der Waals surface area contributed by atoms with Crippen LogP contribution in [0.5, 0.6) is 0 Å². The number of thioether (sulfide) groups is 1. The third kappa shape index (κ3) is 5.82. The maximum absolute atomic E-state index is 12.5. The van der Waals surface area contributed by atoms with Crippen LogP contribution in [0.1, 0.15) is 19.4 Å². The number of hydrogen-bond donors (Lipinski definition) is 2. The number of amides is 3. The van der Waals surface area contributed by atoms with Crippen LogP contribution in [0.2, 0.25) is 5.02 Å². The predicted molar refractivity (Wildman–Crippen MR) is 113 cm³/mol. The van der Waals surface area contributed by atoms with Crippen LogP contribution in [0.4, 0.5) is 4.79 Å². The number of quaternary nitrogens is 1. The molecule has 0 aromatic heterocycles. The molecule has 0 bridgehead atoms. The molecule has 1 aromatic rings. The summed E-state index contributed by atoms with van der Waals surface area (Å²) >= 11 is 7.00. The van der Waals surface area contributed by atoms with Crippen LogP contribution in [-0.2, 0) is 14.3 Å². The molecule has 2 saturated heterocycles. The molecule has 2 aliphatic rings. The highest BCUT2D eigenvalue weighted by Gasteiger charge is 2.35. The summed E-state index contributed by atoms with van der Waals surface area (Å²) in [5, 5.41) is 2.98. The third-order valence-corrected chi connectivity index (χ3v) is 6.00. The Hall–Kier alpha value is -1.87. The summed E-state index contributed by atoms with van der Waals surface area (Å²) in [5.74, 6) is -0.462. The van der Waals surface area contributed by atoms with Crippen molar-refractivity contribution in [3.8, 4) is 0 Å². The number of carbonyl (C=O) groups is 3. The first-order valence-corrected chi connectivity index (χ1v) is 10.8. The van der Waals surface area contributed by atoms with Crippen LogP contribution >= 0.6 is 23.4 Å². The SMILES string of the molecule is C[C@@H]1C[NH+](CC(=O)NCCN2C(=O)S/C(=C\c3ccccc3Cl)C2=O)C[C@@H](C)O1. The molecule has 1 aromatic carbocycles. The minimum Gasteiger partial charge on any atom is -0.364 e. The molecular formula is C20H25ClN3O4S+. The minimum atomic E-state index is -0.365. The first-order chi connectivity index (χ1) is 13.8. The molecule has 156 valence electrons. The first kappa shape index (κ1) is 21.8. The van der Waals surface area contributed by atoms with Gasteiger partial charge in [-0.25, -0.2) is 0 Å². The zero-order valence-corrected chi connectivity index (χ0v) is 18.0. The number of halogens is 1. The van der Waals surface area contributed by atoms with Gasteiger partial charge in [-0.15, -0.1) is 0 Å². The number of ether oxygens (including phenoxy) is 1. The molecular weight excluding hydrogens is 414 g/mol. The fourth-order valence-corrected chi connectivity index (χ4v) is 4.60. The smallest absolute Gasteiger partial charge is 0.293 e. The van der Waals surface area contributed by atoms with Crippen LogP contribution < -0.4 is 10.2 Å². The molecule has 2 fully saturated rings. The number of imide groups is 1. The molecule has 3 rings (SSSR count). The van der Waals surface area contributed by atoms with Crippen molar-refractivity contribution in [1.29, 1.82) is 0 Å². The molecule has 3 amide bonds. The summed E-state index contributed by atoms with van der Waals surface area (Å²) in [6, 6.07) is 7.13. The average molecular weight is 439 g/mol. The van der Waals surface area contributed by atoms with Crippen LogP contribution in [-0.4, -0.2) is 66.9 Å². The van der Waals surface area contributed by atoms with Gasteiger partial charge in [-0.05, 0) is 43.3 Å². The highest BCUT2D eigenvalue weighted by molar-refractivity contribution is 8.18. The molecule has 2 heterocycles. The fraction of sp³-hybridized carbons (Fsp3) is 0.450. The number of morpholine rings is 1. The van der Waals surface area contributed by atoms with Gasteiger partial charge in [0, 0.05) is 18.1 Å². The summed E-state index contributed by atoms with van der Waals surface area (Å²) in [4.78, 5) is 39.6. The number of nitrogens with one attached hydrogen (secondary N) is 2. The number of carbonyl (C=O) groups excluding carboxylic acids is 3. The van der Waals surface area contributed by atoms with Gasteiger partial charge in [-0.1, -0.05) is 29.8 Å². The summed E-state index contributed by atoms with van der Waals surface area (Å²) < 4.78 is 5.68. The zero-order valence-electron chi connectivity index (χ0n) is 16.4. The van der Waals surface area contributed by atoms with E-state index in [1.54, 1.807) is 24.3 Å². The molecule has 9 heteroatoms. The topological polar surface area (TPSA) is 80.2 Å². The Morgan fingerprint density at radius 1 is 1.31 bits per heavy atom. The van der Waals surface area contributed by atoms with E-state index in [9.17, 15) is 14.4 Å². The van der Waals surface area contributed by atoms with Crippen molar-refractivity contribution in [3.05, 3.63) is 39.8 Å². The molecule has 0 aliphatic carbocycles. The van der Waals surface area contributed by atoms with E-state index in [1.807, 2.05) is 19.9 Å². The molecule has 2 N–H and O–H groups in total. The normalized spacial score (nSPS) is 26.2. The second kappa shape index (κ2) is 9.75. The molecule has 29 heavy (non-hydrogen) atoms. The van der Waals surface area contributed by atoms with Gasteiger partial charge >= 0.3 is 0 Å². The molecule has 0 radical (unpaired) electrons. The van der Waals surface area contributed by atoms with E-state index in [2.05, 4.69) is 5.32 Å². The Kier molecular flexibility index (Phi) is 7.34. The van der Waals surface area contributed by atoms with Gasteiger partial charge in [-0.2, -0.15) is 0 Å². The van der Waals surface area contributed by atoms with Crippen molar-refractivity contribution in [2.75, 3.05) is 32.7 Å².